The Morgan fingerprint density at radius 3 is 2.00 bits per heavy atom. The average Bonchev–Trinajstić information content (AvgIpc) is 3.96. The van der Waals surface area contributed by atoms with E-state index in [-0.39, 0.29) is 18.5 Å². The van der Waals surface area contributed by atoms with Crippen LogP contribution >= 0.6 is 0 Å². The Morgan fingerprint density at radius 2 is 1.19 bits per heavy atom. The lowest BCUT2D eigenvalue weighted by Gasteiger charge is -2.40. The minimum atomic E-state index is -0.0994. The lowest BCUT2D eigenvalue weighted by Crippen LogP contribution is -2.59. The average molecular weight is 739 g/mol. The summed E-state index contributed by atoms with van der Waals surface area (Å²) in [6.45, 7) is 0. The summed E-state index contributed by atoms with van der Waals surface area (Å²) < 4.78 is 15.8. The fourth-order valence-electron chi connectivity index (χ4n) is 9.29. The Labute approximate surface area is 328 Å². The van der Waals surface area contributed by atoms with Crippen molar-refractivity contribution in [2.75, 3.05) is 0 Å². The lowest BCUT2D eigenvalue weighted by molar-refractivity contribution is 0.224. The molecule has 0 radical (unpaired) electrons. The van der Waals surface area contributed by atoms with Crippen LogP contribution in [0.3, 0.4) is 0 Å². The van der Waals surface area contributed by atoms with Crippen molar-refractivity contribution in [3.8, 4) is 16.8 Å². The highest BCUT2D eigenvalue weighted by Gasteiger charge is 2.31. The molecule has 0 bridgehead atoms. The van der Waals surface area contributed by atoms with Gasteiger partial charge < -0.3 is 13.4 Å². The Bertz CT molecular complexity index is 3200. The number of nitrogens with one attached hydrogen (secondary N) is 3. The van der Waals surface area contributed by atoms with Gasteiger partial charge in [0, 0.05) is 32.3 Å². The first-order valence-corrected chi connectivity index (χ1v) is 19.8. The summed E-state index contributed by atoms with van der Waals surface area (Å²) >= 11 is 0. The number of benzene rings is 7. The van der Waals surface area contributed by atoms with Gasteiger partial charge in [-0.05, 0) is 83.1 Å². The molecule has 1 fully saturated rings. The van der Waals surface area contributed by atoms with Crippen LogP contribution in [0.25, 0.3) is 82.5 Å². The number of nitrogens with zero attached hydrogens (tertiary/aromatic N) is 1. The van der Waals surface area contributed by atoms with E-state index in [0.717, 1.165) is 90.1 Å². The van der Waals surface area contributed by atoms with Crippen LogP contribution in [-0.2, 0) is 0 Å². The second-order valence-electron chi connectivity index (χ2n) is 15.3. The second-order valence-corrected chi connectivity index (χ2v) is 15.3. The van der Waals surface area contributed by atoms with E-state index in [1.807, 2.05) is 0 Å². The fraction of sp³-hybridized carbons (Fsp3) is 0.0980. The lowest BCUT2D eigenvalue weighted by atomic mass is 9.97. The molecule has 12 rings (SSSR count). The number of para-hydroxylation sites is 3. The highest BCUT2D eigenvalue weighted by Crippen LogP contribution is 2.42. The van der Waals surface area contributed by atoms with Crippen molar-refractivity contribution in [1.29, 1.82) is 0 Å². The van der Waals surface area contributed by atoms with Crippen molar-refractivity contribution in [3.05, 3.63) is 187 Å². The Hall–Kier alpha value is -6.70. The van der Waals surface area contributed by atoms with Crippen LogP contribution in [0, 0.1) is 0 Å². The largest absolute Gasteiger partial charge is 0.456 e. The number of fused-ring (bicyclic) bond motifs is 9. The molecule has 1 aliphatic heterocycles. The summed E-state index contributed by atoms with van der Waals surface area (Å²) in [6.07, 6.45) is 8.87. The van der Waals surface area contributed by atoms with Crippen LogP contribution < -0.4 is 16.0 Å². The molecule has 10 aromatic rings. The van der Waals surface area contributed by atoms with Gasteiger partial charge in [-0.25, -0.2) is 0 Å². The quantitative estimate of drug-likeness (QED) is 0.164. The molecule has 274 valence electrons. The van der Waals surface area contributed by atoms with Crippen LogP contribution in [0.1, 0.15) is 36.3 Å². The molecular weight excluding hydrogens is 701 g/mol. The zero-order valence-corrected chi connectivity index (χ0v) is 31.1. The molecule has 3 aromatic heterocycles. The highest BCUT2D eigenvalue weighted by atomic mass is 16.3. The first-order valence-electron chi connectivity index (χ1n) is 19.8. The Balaban J connectivity index is 0.944. The van der Waals surface area contributed by atoms with Gasteiger partial charge in [0.15, 0.2) is 5.58 Å². The molecule has 0 spiro atoms. The fourth-order valence-corrected chi connectivity index (χ4v) is 9.29. The summed E-state index contributed by atoms with van der Waals surface area (Å²) in [5.74, 6) is 0. The van der Waals surface area contributed by atoms with Crippen molar-refractivity contribution in [2.45, 2.75) is 31.3 Å². The smallest absolute Gasteiger partial charge is 0.159 e. The monoisotopic (exact) mass is 738 g/mol. The number of rotatable bonds is 5. The predicted octanol–water partition coefficient (Wildman–Crippen LogP) is 12.3. The van der Waals surface area contributed by atoms with Crippen molar-refractivity contribution in [1.82, 2.24) is 20.5 Å². The SMILES string of the molecule is C1=CC(C2NC(c3ccccc3)NC(c3ccc4c(c3)oc3cccc(-c5ccc6c(c5)oc5c(-n7c8ccccc8c8ccccc87)cccc56)c34)N2)=CCC1. The van der Waals surface area contributed by atoms with Crippen molar-refractivity contribution < 1.29 is 8.83 Å². The van der Waals surface area contributed by atoms with E-state index in [2.05, 4.69) is 190 Å². The molecule has 6 nitrogen and oxygen atoms in total. The van der Waals surface area contributed by atoms with E-state index < -0.39 is 0 Å². The van der Waals surface area contributed by atoms with Gasteiger partial charge in [0.1, 0.15) is 16.7 Å². The molecule has 0 amide bonds. The van der Waals surface area contributed by atoms with Crippen LogP contribution in [0.2, 0.25) is 0 Å². The maximum absolute atomic E-state index is 6.85. The number of allylic oxidation sites excluding steroid dienone is 2. The molecule has 1 aliphatic carbocycles. The van der Waals surface area contributed by atoms with E-state index in [1.54, 1.807) is 0 Å². The number of aromatic nitrogens is 1. The molecule has 6 heteroatoms. The van der Waals surface area contributed by atoms with E-state index in [9.17, 15) is 0 Å². The third-order valence-corrected chi connectivity index (χ3v) is 12.0. The van der Waals surface area contributed by atoms with E-state index >= 15 is 0 Å². The minimum Gasteiger partial charge on any atom is -0.456 e. The topological polar surface area (TPSA) is 67.3 Å². The summed E-state index contributed by atoms with van der Waals surface area (Å²) in [6, 6.07) is 53.9. The Kier molecular flexibility index (Phi) is 7.38. The first-order chi connectivity index (χ1) is 28.2. The second kappa shape index (κ2) is 12.9. The number of hydrogen-bond donors (Lipinski definition) is 3. The number of hydrogen-bond acceptors (Lipinski definition) is 5. The standard InChI is InChI=1S/C51H38N4O2/c1-3-13-31(14-4-1)49-52-50(32-15-5-2-6-16-32)54-51(53-49)34-26-28-40-46(30-34)56-44-24-12-19-35(47(40)44)33-25-27-38-39-20-11-23-43(48(39)57-45(38)29-33)55-41-21-9-7-17-36(41)37-18-8-10-22-42(37)55/h1,3-5,7-30,49-54H,2,6H2. The summed E-state index contributed by atoms with van der Waals surface area (Å²) in [5.41, 5.74) is 12.6. The normalized spacial score (nSPS) is 18.7. The highest BCUT2D eigenvalue weighted by molar-refractivity contribution is 6.15. The van der Waals surface area contributed by atoms with E-state index in [1.165, 1.54) is 21.9 Å². The van der Waals surface area contributed by atoms with Crippen molar-refractivity contribution >= 4 is 65.7 Å². The van der Waals surface area contributed by atoms with Gasteiger partial charge in [-0.2, -0.15) is 0 Å². The van der Waals surface area contributed by atoms with Gasteiger partial charge in [-0.3, -0.25) is 16.0 Å². The van der Waals surface area contributed by atoms with Crippen molar-refractivity contribution in [2.24, 2.45) is 0 Å². The van der Waals surface area contributed by atoms with Crippen LogP contribution in [0.4, 0.5) is 0 Å². The zero-order valence-electron chi connectivity index (χ0n) is 31.1. The first kappa shape index (κ1) is 32.5. The third-order valence-electron chi connectivity index (χ3n) is 12.0. The molecule has 4 heterocycles. The summed E-state index contributed by atoms with van der Waals surface area (Å²) in [7, 11) is 0. The maximum Gasteiger partial charge on any atom is 0.159 e. The molecular formula is C51H38N4O2. The van der Waals surface area contributed by atoms with Crippen LogP contribution in [0.15, 0.2) is 184 Å². The van der Waals surface area contributed by atoms with Gasteiger partial charge in [0.2, 0.25) is 0 Å². The van der Waals surface area contributed by atoms with Crippen LogP contribution in [-0.4, -0.2) is 10.7 Å². The third kappa shape index (κ3) is 5.22. The summed E-state index contributed by atoms with van der Waals surface area (Å²) in [4.78, 5) is 0. The van der Waals surface area contributed by atoms with Crippen LogP contribution in [0.5, 0.6) is 0 Å². The number of furan rings is 2. The molecule has 7 aromatic carbocycles. The van der Waals surface area contributed by atoms with E-state index in [0.29, 0.717) is 0 Å². The summed E-state index contributed by atoms with van der Waals surface area (Å²) in [5, 5.41) is 18.3. The predicted molar refractivity (Wildman–Crippen MR) is 232 cm³/mol. The molecule has 3 atom stereocenters. The molecule has 0 saturated carbocycles. The van der Waals surface area contributed by atoms with Gasteiger partial charge in [0.25, 0.3) is 0 Å². The minimum absolute atomic E-state index is 0.00203. The van der Waals surface area contributed by atoms with Gasteiger partial charge >= 0.3 is 0 Å². The maximum atomic E-state index is 6.85. The molecule has 57 heavy (non-hydrogen) atoms. The van der Waals surface area contributed by atoms with Gasteiger partial charge in [-0.1, -0.05) is 127 Å². The molecule has 1 saturated heterocycles. The van der Waals surface area contributed by atoms with Gasteiger partial charge in [0.05, 0.1) is 35.2 Å². The Morgan fingerprint density at radius 1 is 0.491 bits per heavy atom. The zero-order chi connectivity index (χ0) is 37.5. The van der Waals surface area contributed by atoms with E-state index in [4.69, 9.17) is 8.83 Å². The molecule has 3 N–H and O–H groups in total. The van der Waals surface area contributed by atoms with Gasteiger partial charge in [-0.15, -0.1) is 0 Å². The molecule has 3 unspecified atom stereocenters. The van der Waals surface area contributed by atoms with Crippen molar-refractivity contribution in [3.63, 3.8) is 0 Å². The molecule has 2 aliphatic rings.